The zero-order chi connectivity index (χ0) is 21.3. The zero-order valence-corrected chi connectivity index (χ0v) is 17.2. The van der Waals surface area contributed by atoms with E-state index in [1.165, 1.54) is 0 Å². The Morgan fingerprint density at radius 3 is 2.37 bits per heavy atom. The molecular weight excluding hydrogens is 384 g/mol. The SMILES string of the molecule is C=Cc1cccc(-n2cc(-c3cc(OCCOC)c(OCCOC)cc3N)nn2)c1. The minimum atomic E-state index is 0.377. The lowest BCUT2D eigenvalue weighted by atomic mass is 10.1. The third kappa shape index (κ3) is 5.16. The molecule has 0 saturated heterocycles. The third-order valence-corrected chi connectivity index (χ3v) is 4.35. The molecule has 3 rings (SSSR count). The predicted octanol–water partition coefficient (Wildman–Crippen LogP) is 3.21. The van der Waals surface area contributed by atoms with Gasteiger partial charge in [-0.3, -0.25) is 0 Å². The maximum atomic E-state index is 6.29. The number of nitrogens with zero attached hydrogens (tertiary/aromatic N) is 3. The van der Waals surface area contributed by atoms with Gasteiger partial charge in [0.15, 0.2) is 11.5 Å². The molecule has 0 aliphatic carbocycles. The molecule has 0 spiro atoms. The van der Waals surface area contributed by atoms with Crippen molar-refractivity contribution in [3.63, 3.8) is 0 Å². The van der Waals surface area contributed by atoms with Gasteiger partial charge in [-0.15, -0.1) is 5.10 Å². The molecule has 0 bridgehead atoms. The van der Waals surface area contributed by atoms with Crippen LogP contribution in [0.15, 0.2) is 49.2 Å². The zero-order valence-electron chi connectivity index (χ0n) is 17.2. The predicted molar refractivity (Wildman–Crippen MR) is 116 cm³/mol. The van der Waals surface area contributed by atoms with E-state index < -0.39 is 0 Å². The lowest BCUT2D eigenvalue weighted by Gasteiger charge is -2.15. The van der Waals surface area contributed by atoms with E-state index in [-0.39, 0.29) is 0 Å². The molecule has 0 saturated carbocycles. The van der Waals surface area contributed by atoms with Gasteiger partial charge in [0.25, 0.3) is 0 Å². The molecule has 2 N–H and O–H groups in total. The fraction of sp³-hybridized carbons (Fsp3) is 0.273. The Labute approximate surface area is 175 Å². The number of ether oxygens (including phenoxy) is 4. The van der Waals surface area contributed by atoms with Gasteiger partial charge >= 0.3 is 0 Å². The summed E-state index contributed by atoms with van der Waals surface area (Å²) in [6, 6.07) is 11.4. The van der Waals surface area contributed by atoms with Crippen LogP contribution in [0.1, 0.15) is 5.56 Å². The molecule has 3 aromatic rings. The van der Waals surface area contributed by atoms with Crippen LogP contribution in [0, 0.1) is 0 Å². The summed E-state index contributed by atoms with van der Waals surface area (Å²) >= 11 is 0. The molecule has 8 nitrogen and oxygen atoms in total. The number of methoxy groups -OCH3 is 2. The van der Waals surface area contributed by atoms with Gasteiger partial charge in [0.1, 0.15) is 18.9 Å². The number of benzene rings is 2. The second kappa shape index (κ2) is 10.4. The van der Waals surface area contributed by atoms with Gasteiger partial charge < -0.3 is 24.7 Å². The summed E-state index contributed by atoms with van der Waals surface area (Å²) in [5.74, 6) is 1.09. The molecule has 0 atom stereocenters. The molecule has 0 aliphatic rings. The van der Waals surface area contributed by atoms with E-state index in [0.29, 0.717) is 54.9 Å². The van der Waals surface area contributed by atoms with Gasteiger partial charge in [-0.25, -0.2) is 4.68 Å². The van der Waals surface area contributed by atoms with Gasteiger partial charge in [0, 0.05) is 31.5 Å². The second-order valence-corrected chi connectivity index (χ2v) is 6.42. The van der Waals surface area contributed by atoms with Crippen LogP contribution in [0.25, 0.3) is 23.0 Å². The Hall–Kier alpha value is -3.36. The number of anilines is 1. The van der Waals surface area contributed by atoms with E-state index in [1.807, 2.05) is 36.5 Å². The maximum Gasteiger partial charge on any atom is 0.163 e. The molecule has 0 amide bonds. The molecule has 2 aromatic carbocycles. The van der Waals surface area contributed by atoms with Crippen molar-refractivity contribution in [3.8, 4) is 28.4 Å². The number of hydrogen-bond acceptors (Lipinski definition) is 7. The molecule has 0 radical (unpaired) electrons. The van der Waals surface area contributed by atoms with Gasteiger partial charge in [-0.2, -0.15) is 0 Å². The van der Waals surface area contributed by atoms with Crippen molar-refractivity contribution in [2.75, 3.05) is 46.4 Å². The van der Waals surface area contributed by atoms with Crippen molar-refractivity contribution in [2.45, 2.75) is 0 Å². The fourth-order valence-corrected chi connectivity index (χ4v) is 2.80. The number of rotatable bonds is 11. The van der Waals surface area contributed by atoms with Gasteiger partial charge in [0.05, 0.1) is 25.1 Å². The van der Waals surface area contributed by atoms with Crippen LogP contribution >= 0.6 is 0 Å². The standard InChI is InChI=1S/C22H26N4O4/c1-4-16-6-5-7-17(12-16)26-15-20(24-25-26)18-13-21(29-10-8-27-2)22(14-19(18)23)30-11-9-28-3/h4-7,12-15H,1,8-11,23H2,2-3H3. The first-order chi connectivity index (χ1) is 14.7. The Morgan fingerprint density at radius 2 is 1.70 bits per heavy atom. The molecular formula is C22H26N4O4. The van der Waals surface area contributed by atoms with Crippen molar-refractivity contribution < 1.29 is 18.9 Å². The lowest BCUT2D eigenvalue weighted by molar-refractivity contribution is 0.132. The van der Waals surface area contributed by atoms with Crippen molar-refractivity contribution in [3.05, 3.63) is 54.7 Å². The van der Waals surface area contributed by atoms with E-state index in [0.717, 1.165) is 11.3 Å². The highest BCUT2D eigenvalue weighted by Gasteiger charge is 2.15. The van der Waals surface area contributed by atoms with Crippen molar-refractivity contribution in [1.29, 1.82) is 0 Å². The molecule has 0 aliphatic heterocycles. The number of nitrogen functional groups attached to an aromatic ring is 1. The van der Waals surface area contributed by atoms with E-state index in [9.17, 15) is 0 Å². The average molecular weight is 410 g/mol. The minimum absolute atomic E-state index is 0.377. The highest BCUT2D eigenvalue weighted by Crippen LogP contribution is 2.37. The van der Waals surface area contributed by atoms with Gasteiger partial charge in [-0.05, 0) is 23.8 Å². The Balaban J connectivity index is 1.91. The quantitative estimate of drug-likeness (QED) is 0.383. The summed E-state index contributed by atoms with van der Waals surface area (Å²) in [7, 11) is 3.23. The normalized spacial score (nSPS) is 10.7. The summed E-state index contributed by atoms with van der Waals surface area (Å²) < 4.78 is 23.4. The molecule has 8 heteroatoms. The number of nitrogens with two attached hydrogens (primary N) is 1. The number of hydrogen-bond donors (Lipinski definition) is 1. The average Bonchev–Trinajstić information content (AvgIpc) is 3.25. The van der Waals surface area contributed by atoms with Crippen molar-refractivity contribution >= 4 is 11.8 Å². The van der Waals surface area contributed by atoms with Gasteiger partial charge in [-0.1, -0.05) is 30.0 Å². The molecule has 158 valence electrons. The maximum absolute atomic E-state index is 6.29. The van der Waals surface area contributed by atoms with Crippen LogP contribution in [-0.2, 0) is 9.47 Å². The second-order valence-electron chi connectivity index (χ2n) is 6.42. The Bertz CT molecular complexity index is 987. The molecule has 30 heavy (non-hydrogen) atoms. The van der Waals surface area contributed by atoms with Gasteiger partial charge in [0.2, 0.25) is 0 Å². The molecule has 0 unspecified atom stereocenters. The smallest absolute Gasteiger partial charge is 0.163 e. The largest absolute Gasteiger partial charge is 0.487 e. The third-order valence-electron chi connectivity index (χ3n) is 4.35. The minimum Gasteiger partial charge on any atom is -0.487 e. The fourth-order valence-electron chi connectivity index (χ4n) is 2.80. The van der Waals surface area contributed by atoms with Crippen LogP contribution in [0.4, 0.5) is 5.69 Å². The first-order valence-electron chi connectivity index (χ1n) is 9.49. The highest BCUT2D eigenvalue weighted by molar-refractivity contribution is 5.77. The monoisotopic (exact) mass is 410 g/mol. The van der Waals surface area contributed by atoms with Crippen LogP contribution in [0.5, 0.6) is 11.5 Å². The first-order valence-corrected chi connectivity index (χ1v) is 9.49. The first kappa shape index (κ1) is 21.4. The Morgan fingerprint density at radius 1 is 1.00 bits per heavy atom. The summed E-state index contributed by atoms with van der Waals surface area (Å²) in [6.07, 6.45) is 3.60. The van der Waals surface area contributed by atoms with E-state index in [1.54, 1.807) is 31.0 Å². The lowest BCUT2D eigenvalue weighted by Crippen LogP contribution is -2.09. The van der Waals surface area contributed by atoms with E-state index in [4.69, 9.17) is 24.7 Å². The highest BCUT2D eigenvalue weighted by atomic mass is 16.5. The van der Waals surface area contributed by atoms with Crippen LogP contribution in [-0.4, -0.2) is 55.6 Å². The van der Waals surface area contributed by atoms with Crippen LogP contribution < -0.4 is 15.2 Å². The topological polar surface area (TPSA) is 93.7 Å². The van der Waals surface area contributed by atoms with Crippen LogP contribution in [0.2, 0.25) is 0 Å². The molecule has 1 aromatic heterocycles. The molecule has 0 fully saturated rings. The molecule has 1 heterocycles. The van der Waals surface area contributed by atoms with Crippen LogP contribution in [0.3, 0.4) is 0 Å². The Kier molecular flexibility index (Phi) is 7.42. The number of aromatic nitrogens is 3. The van der Waals surface area contributed by atoms with Crippen molar-refractivity contribution in [1.82, 2.24) is 15.0 Å². The van der Waals surface area contributed by atoms with E-state index in [2.05, 4.69) is 16.9 Å². The summed E-state index contributed by atoms with van der Waals surface area (Å²) in [6.45, 7) is 5.47. The summed E-state index contributed by atoms with van der Waals surface area (Å²) in [5, 5.41) is 8.52. The van der Waals surface area contributed by atoms with E-state index >= 15 is 0 Å². The summed E-state index contributed by atoms with van der Waals surface area (Å²) in [5.41, 5.74) is 10.00. The van der Waals surface area contributed by atoms with Crippen molar-refractivity contribution in [2.24, 2.45) is 0 Å². The summed E-state index contributed by atoms with van der Waals surface area (Å²) in [4.78, 5) is 0.